The van der Waals surface area contributed by atoms with Crippen LogP contribution in [-0.2, 0) is 11.4 Å². The summed E-state index contributed by atoms with van der Waals surface area (Å²) in [5.74, 6) is 0.446. The fraction of sp³-hybridized carbons (Fsp3) is 0.278. The Kier molecular flexibility index (Phi) is 5.17. The molecule has 1 amide bonds. The molecule has 0 radical (unpaired) electrons. The highest BCUT2D eigenvalue weighted by molar-refractivity contribution is 5.80. The quantitative estimate of drug-likeness (QED) is 0.861. The van der Waals surface area contributed by atoms with Gasteiger partial charge >= 0.3 is 0 Å². The standard InChI is InChI=1S/C18H21NO3/c1-12(2)13-7-9-15(10-8-13)22-11-14-5-3-4-6-16(14)17(20)18(19)21/h3-10,12,17,20H,11H2,1-2H3,(H2,19,21). The van der Waals surface area contributed by atoms with Crippen molar-refractivity contribution in [3.8, 4) is 5.75 Å². The molecule has 4 nitrogen and oxygen atoms in total. The number of primary amides is 1. The largest absolute Gasteiger partial charge is 0.489 e. The number of hydrogen-bond acceptors (Lipinski definition) is 3. The van der Waals surface area contributed by atoms with E-state index in [1.165, 1.54) is 5.56 Å². The summed E-state index contributed by atoms with van der Waals surface area (Å²) < 4.78 is 5.73. The van der Waals surface area contributed by atoms with Crippen molar-refractivity contribution in [1.82, 2.24) is 0 Å². The Morgan fingerprint density at radius 1 is 1.14 bits per heavy atom. The normalized spacial score (nSPS) is 12.2. The number of carbonyl (C=O) groups is 1. The summed E-state index contributed by atoms with van der Waals surface area (Å²) in [6, 6.07) is 15.0. The van der Waals surface area contributed by atoms with Crippen LogP contribution in [0.1, 0.15) is 42.6 Å². The van der Waals surface area contributed by atoms with Crippen LogP contribution in [0.3, 0.4) is 0 Å². The van der Waals surface area contributed by atoms with Gasteiger partial charge in [-0.25, -0.2) is 0 Å². The molecule has 0 aromatic heterocycles. The molecule has 0 aliphatic carbocycles. The van der Waals surface area contributed by atoms with Crippen LogP contribution in [-0.4, -0.2) is 11.0 Å². The highest BCUT2D eigenvalue weighted by atomic mass is 16.5. The number of carbonyl (C=O) groups excluding carboxylic acids is 1. The molecular weight excluding hydrogens is 278 g/mol. The van der Waals surface area contributed by atoms with Gasteiger partial charge in [-0.15, -0.1) is 0 Å². The van der Waals surface area contributed by atoms with Crippen LogP contribution in [0.15, 0.2) is 48.5 Å². The number of amides is 1. The predicted molar refractivity (Wildman–Crippen MR) is 85.5 cm³/mol. The molecule has 1 atom stereocenters. The molecule has 0 saturated heterocycles. The van der Waals surface area contributed by atoms with Crippen molar-refractivity contribution in [2.75, 3.05) is 0 Å². The molecule has 0 bridgehead atoms. The summed E-state index contributed by atoms with van der Waals surface area (Å²) in [5.41, 5.74) is 7.62. The zero-order chi connectivity index (χ0) is 16.1. The van der Waals surface area contributed by atoms with Gasteiger partial charge in [0.1, 0.15) is 12.4 Å². The van der Waals surface area contributed by atoms with E-state index < -0.39 is 12.0 Å². The van der Waals surface area contributed by atoms with E-state index in [1.54, 1.807) is 12.1 Å². The van der Waals surface area contributed by atoms with Crippen molar-refractivity contribution in [3.63, 3.8) is 0 Å². The lowest BCUT2D eigenvalue weighted by atomic mass is 10.0. The smallest absolute Gasteiger partial charge is 0.250 e. The van der Waals surface area contributed by atoms with Gasteiger partial charge in [-0.3, -0.25) is 4.79 Å². The Morgan fingerprint density at radius 2 is 1.77 bits per heavy atom. The maximum atomic E-state index is 11.2. The SMILES string of the molecule is CC(C)c1ccc(OCc2ccccc2C(O)C(N)=O)cc1. The van der Waals surface area contributed by atoms with Gasteiger partial charge in [-0.2, -0.15) is 0 Å². The molecule has 3 N–H and O–H groups in total. The number of aliphatic hydroxyl groups excluding tert-OH is 1. The number of rotatable bonds is 6. The Balaban J connectivity index is 2.10. The summed E-state index contributed by atoms with van der Waals surface area (Å²) in [6.45, 7) is 4.54. The summed E-state index contributed by atoms with van der Waals surface area (Å²) in [5, 5.41) is 9.84. The van der Waals surface area contributed by atoms with Gasteiger partial charge in [-0.05, 0) is 34.7 Å². The number of ether oxygens (including phenoxy) is 1. The second-order valence-corrected chi connectivity index (χ2v) is 5.52. The first-order chi connectivity index (χ1) is 10.5. The Labute approximate surface area is 130 Å². The van der Waals surface area contributed by atoms with E-state index >= 15 is 0 Å². The second-order valence-electron chi connectivity index (χ2n) is 5.52. The monoisotopic (exact) mass is 299 g/mol. The number of hydrogen-bond donors (Lipinski definition) is 2. The molecule has 0 aliphatic heterocycles. The lowest BCUT2D eigenvalue weighted by Gasteiger charge is -2.14. The molecule has 0 aliphatic rings. The minimum Gasteiger partial charge on any atom is -0.489 e. The average molecular weight is 299 g/mol. The molecule has 2 rings (SSSR count). The molecular formula is C18H21NO3. The van der Waals surface area contributed by atoms with Crippen molar-refractivity contribution >= 4 is 5.91 Å². The summed E-state index contributed by atoms with van der Waals surface area (Å²) >= 11 is 0. The van der Waals surface area contributed by atoms with E-state index in [4.69, 9.17) is 10.5 Å². The molecule has 1 unspecified atom stereocenters. The van der Waals surface area contributed by atoms with Crippen LogP contribution in [0.2, 0.25) is 0 Å². The van der Waals surface area contributed by atoms with Gasteiger partial charge in [0.15, 0.2) is 6.10 Å². The minimum absolute atomic E-state index is 0.265. The molecule has 4 heteroatoms. The van der Waals surface area contributed by atoms with Crippen LogP contribution in [0.25, 0.3) is 0 Å². The number of benzene rings is 2. The molecule has 116 valence electrons. The fourth-order valence-electron chi connectivity index (χ4n) is 2.20. The molecule has 22 heavy (non-hydrogen) atoms. The third-order valence-corrected chi connectivity index (χ3v) is 3.56. The van der Waals surface area contributed by atoms with Crippen LogP contribution in [0.4, 0.5) is 0 Å². The van der Waals surface area contributed by atoms with Crippen molar-refractivity contribution in [1.29, 1.82) is 0 Å². The first kappa shape index (κ1) is 16.0. The van der Waals surface area contributed by atoms with E-state index in [0.29, 0.717) is 11.5 Å². The van der Waals surface area contributed by atoms with E-state index in [0.717, 1.165) is 11.3 Å². The van der Waals surface area contributed by atoms with Crippen molar-refractivity contribution in [2.24, 2.45) is 5.73 Å². The summed E-state index contributed by atoms with van der Waals surface area (Å²) in [6.07, 6.45) is -1.32. The van der Waals surface area contributed by atoms with E-state index in [-0.39, 0.29) is 6.61 Å². The third-order valence-electron chi connectivity index (χ3n) is 3.56. The van der Waals surface area contributed by atoms with E-state index in [2.05, 4.69) is 13.8 Å². The molecule has 0 saturated carbocycles. The van der Waals surface area contributed by atoms with E-state index in [9.17, 15) is 9.90 Å². The van der Waals surface area contributed by atoms with Crippen molar-refractivity contribution in [3.05, 3.63) is 65.2 Å². The maximum Gasteiger partial charge on any atom is 0.250 e. The van der Waals surface area contributed by atoms with Gasteiger partial charge in [0.25, 0.3) is 5.91 Å². The Bertz CT molecular complexity index is 635. The lowest BCUT2D eigenvalue weighted by molar-refractivity contribution is -0.126. The molecule has 2 aromatic carbocycles. The van der Waals surface area contributed by atoms with Gasteiger partial charge < -0.3 is 15.6 Å². The van der Waals surface area contributed by atoms with Crippen LogP contribution >= 0.6 is 0 Å². The first-order valence-corrected chi connectivity index (χ1v) is 7.27. The van der Waals surface area contributed by atoms with Crippen LogP contribution in [0, 0.1) is 0 Å². The highest BCUT2D eigenvalue weighted by Gasteiger charge is 2.17. The molecule has 0 heterocycles. The summed E-state index contributed by atoms with van der Waals surface area (Å²) in [7, 11) is 0. The fourth-order valence-corrected chi connectivity index (χ4v) is 2.20. The van der Waals surface area contributed by atoms with Crippen LogP contribution in [0.5, 0.6) is 5.75 Å². The third kappa shape index (κ3) is 3.86. The molecule has 2 aromatic rings. The Morgan fingerprint density at radius 3 is 2.36 bits per heavy atom. The lowest BCUT2D eigenvalue weighted by Crippen LogP contribution is -2.22. The van der Waals surface area contributed by atoms with Gasteiger partial charge in [0.05, 0.1) is 0 Å². The highest BCUT2D eigenvalue weighted by Crippen LogP contribution is 2.22. The van der Waals surface area contributed by atoms with Gasteiger partial charge in [-0.1, -0.05) is 50.2 Å². The Hall–Kier alpha value is -2.33. The van der Waals surface area contributed by atoms with Crippen LogP contribution < -0.4 is 10.5 Å². The summed E-state index contributed by atoms with van der Waals surface area (Å²) in [4.78, 5) is 11.2. The predicted octanol–water partition coefficient (Wildman–Crippen LogP) is 2.91. The minimum atomic E-state index is -1.32. The zero-order valence-corrected chi connectivity index (χ0v) is 12.8. The molecule has 0 spiro atoms. The number of nitrogens with two attached hydrogens (primary N) is 1. The van der Waals surface area contributed by atoms with Gasteiger partial charge in [0.2, 0.25) is 0 Å². The number of aliphatic hydroxyl groups is 1. The van der Waals surface area contributed by atoms with Gasteiger partial charge in [0, 0.05) is 0 Å². The van der Waals surface area contributed by atoms with E-state index in [1.807, 2.05) is 36.4 Å². The van der Waals surface area contributed by atoms with Crippen molar-refractivity contribution in [2.45, 2.75) is 32.5 Å². The maximum absolute atomic E-state index is 11.2. The van der Waals surface area contributed by atoms with Crippen molar-refractivity contribution < 1.29 is 14.6 Å². The topological polar surface area (TPSA) is 72.6 Å². The zero-order valence-electron chi connectivity index (χ0n) is 12.8. The average Bonchev–Trinajstić information content (AvgIpc) is 2.52. The second kappa shape index (κ2) is 7.09. The molecule has 0 fully saturated rings. The first-order valence-electron chi connectivity index (χ1n) is 7.27.